The third kappa shape index (κ3) is 4.07. The highest BCUT2D eigenvalue weighted by Gasteiger charge is 2.19. The molecule has 170 valence electrons. The number of halogens is 3. The van der Waals surface area contributed by atoms with Gasteiger partial charge in [0.2, 0.25) is 5.82 Å². The van der Waals surface area contributed by atoms with Crippen LogP contribution in [0.5, 0.6) is 5.75 Å². The smallest absolute Gasteiger partial charge is 0.348 e. The van der Waals surface area contributed by atoms with Crippen LogP contribution in [-0.4, -0.2) is 32.0 Å². The number of H-pyrrole nitrogens is 1. The number of aromatic nitrogens is 5. The van der Waals surface area contributed by atoms with E-state index in [2.05, 4.69) is 20.2 Å². The zero-order valence-electron chi connectivity index (χ0n) is 17.4. The molecule has 0 saturated heterocycles. The van der Waals surface area contributed by atoms with Gasteiger partial charge in [0.25, 0.3) is 5.89 Å². The third-order valence-corrected chi connectivity index (χ3v) is 5.89. The van der Waals surface area contributed by atoms with E-state index in [1.807, 2.05) is 0 Å². The maximum atomic E-state index is 12.6. The fraction of sp³-hybridized carbons (Fsp3) is 0.0435. The second-order valence-electron chi connectivity index (χ2n) is 7.10. The average molecular weight is 515 g/mol. The molecule has 0 unspecified atom stereocenters. The van der Waals surface area contributed by atoms with Crippen LogP contribution in [0.2, 0.25) is 15.1 Å². The lowest BCUT2D eigenvalue weighted by Crippen LogP contribution is -2.16. The normalized spacial score (nSPS) is 11.1. The van der Waals surface area contributed by atoms with Crippen molar-refractivity contribution >= 4 is 34.8 Å². The molecule has 0 radical (unpaired) electrons. The van der Waals surface area contributed by atoms with E-state index >= 15 is 0 Å². The van der Waals surface area contributed by atoms with Gasteiger partial charge in [-0.1, -0.05) is 46.0 Å². The Morgan fingerprint density at radius 1 is 1.00 bits per heavy atom. The molecule has 0 spiro atoms. The fourth-order valence-corrected chi connectivity index (χ4v) is 4.08. The molecular formula is C23H14Cl3N5O3. The summed E-state index contributed by atoms with van der Waals surface area (Å²) in [7, 11) is 1.50. The predicted octanol–water partition coefficient (Wildman–Crippen LogP) is 5.91. The SMILES string of the molecule is COc1cc(-n2nc(-c3c(Cl)cccc3Cl)[nH]c2=O)ccc1-c1nc(-c2ccc(Cl)cc2)no1. The van der Waals surface area contributed by atoms with Gasteiger partial charge in [0.05, 0.1) is 34.0 Å². The standard InChI is InChI=1S/C23H14Cl3N5O3/c1-33-18-11-14(31-23(32)28-21(29-31)19-16(25)3-2-4-17(19)26)9-10-15(18)22-27-20(30-34-22)12-5-7-13(24)8-6-12/h2-11H,1H3,(H,28,29,32). The van der Waals surface area contributed by atoms with Crippen LogP contribution >= 0.6 is 34.8 Å². The molecule has 2 heterocycles. The number of nitrogens with one attached hydrogen (secondary N) is 1. The van der Waals surface area contributed by atoms with Crippen LogP contribution in [0.1, 0.15) is 0 Å². The van der Waals surface area contributed by atoms with Gasteiger partial charge in [-0.3, -0.25) is 4.98 Å². The summed E-state index contributed by atoms with van der Waals surface area (Å²) in [5.74, 6) is 1.32. The lowest BCUT2D eigenvalue weighted by Gasteiger charge is -2.07. The molecule has 11 heteroatoms. The number of hydrogen-bond acceptors (Lipinski definition) is 6. The monoisotopic (exact) mass is 513 g/mol. The molecule has 0 saturated carbocycles. The molecule has 1 N–H and O–H groups in total. The minimum Gasteiger partial charge on any atom is -0.496 e. The first-order valence-corrected chi connectivity index (χ1v) is 11.0. The van der Waals surface area contributed by atoms with Crippen molar-refractivity contribution in [2.45, 2.75) is 0 Å². The minimum absolute atomic E-state index is 0.244. The summed E-state index contributed by atoms with van der Waals surface area (Å²) in [5.41, 5.74) is 1.73. The van der Waals surface area contributed by atoms with Crippen molar-refractivity contribution < 1.29 is 9.26 Å². The summed E-state index contributed by atoms with van der Waals surface area (Å²) < 4.78 is 12.2. The molecular weight excluding hydrogens is 501 g/mol. The van der Waals surface area contributed by atoms with Gasteiger partial charge >= 0.3 is 5.69 Å². The van der Waals surface area contributed by atoms with Crippen LogP contribution in [0, 0.1) is 0 Å². The fourth-order valence-electron chi connectivity index (χ4n) is 3.37. The van der Waals surface area contributed by atoms with Crippen molar-refractivity contribution in [2.24, 2.45) is 0 Å². The zero-order valence-corrected chi connectivity index (χ0v) is 19.7. The molecule has 0 aliphatic carbocycles. The molecule has 5 rings (SSSR count). The minimum atomic E-state index is -0.469. The summed E-state index contributed by atoms with van der Waals surface area (Å²) in [6.07, 6.45) is 0. The first-order valence-electron chi connectivity index (χ1n) is 9.87. The highest BCUT2D eigenvalue weighted by Crippen LogP contribution is 2.34. The van der Waals surface area contributed by atoms with Crippen molar-refractivity contribution in [3.05, 3.63) is 86.2 Å². The molecule has 0 aliphatic heterocycles. The molecule has 0 bridgehead atoms. The summed E-state index contributed by atoms with van der Waals surface area (Å²) in [4.78, 5) is 19.8. The molecule has 3 aromatic carbocycles. The van der Waals surface area contributed by atoms with Crippen LogP contribution in [0.3, 0.4) is 0 Å². The molecule has 0 aliphatic rings. The zero-order chi connectivity index (χ0) is 23.8. The Morgan fingerprint density at radius 2 is 1.74 bits per heavy atom. The molecule has 8 nitrogen and oxygen atoms in total. The number of ether oxygens (including phenoxy) is 1. The molecule has 5 aromatic rings. The Bertz CT molecular complexity index is 1540. The maximum absolute atomic E-state index is 12.6. The van der Waals surface area contributed by atoms with Gasteiger partial charge < -0.3 is 9.26 Å². The molecule has 2 aromatic heterocycles. The highest BCUT2D eigenvalue weighted by atomic mass is 35.5. The predicted molar refractivity (Wildman–Crippen MR) is 130 cm³/mol. The topological polar surface area (TPSA) is 98.8 Å². The largest absolute Gasteiger partial charge is 0.496 e. The van der Waals surface area contributed by atoms with Crippen LogP contribution in [0.4, 0.5) is 0 Å². The maximum Gasteiger partial charge on any atom is 0.348 e. The Kier molecular flexibility index (Phi) is 5.87. The summed E-state index contributed by atoms with van der Waals surface area (Å²) in [6, 6.07) is 17.2. The number of benzene rings is 3. The lowest BCUT2D eigenvalue weighted by molar-refractivity contribution is 0.405. The second kappa shape index (κ2) is 8.98. The van der Waals surface area contributed by atoms with Gasteiger partial charge in [-0.25, -0.2) is 4.79 Å². The van der Waals surface area contributed by atoms with E-state index < -0.39 is 5.69 Å². The van der Waals surface area contributed by atoms with Crippen LogP contribution in [-0.2, 0) is 0 Å². The average Bonchev–Trinajstić information content (AvgIpc) is 3.46. The Labute approximate surface area is 207 Å². The number of nitrogens with zero attached hydrogens (tertiary/aromatic N) is 4. The number of rotatable bonds is 5. The summed E-state index contributed by atoms with van der Waals surface area (Å²) in [5, 5.41) is 9.75. The lowest BCUT2D eigenvalue weighted by atomic mass is 10.1. The molecule has 34 heavy (non-hydrogen) atoms. The molecule has 0 atom stereocenters. The van der Waals surface area contributed by atoms with Gasteiger partial charge in [0, 0.05) is 16.7 Å². The Hall–Kier alpha value is -3.59. The van der Waals surface area contributed by atoms with Crippen LogP contribution in [0.15, 0.2) is 70.0 Å². The van der Waals surface area contributed by atoms with Crippen LogP contribution in [0.25, 0.3) is 39.9 Å². The van der Waals surface area contributed by atoms with Crippen molar-refractivity contribution in [1.29, 1.82) is 0 Å². The molecule has 0 fully saturated rings. The summed E-state index contributed by atoms with van der Waals surface area (Å²) in [6.45, 7) is 0. The van der Waals surface area contributed by atoms with E-state index in [1.165, 1.54) is 11.8 Å². The van der Waals surface area contributed by atoms with E-state index in [1.54, 1.807) is 60.7 Å². The van der Waals surface area contributed by atoms with Gasteiger partial charge in [0.1, 0.15) is 5.75 Å². The van der Waals surface area contributed by atoms with E-state index in [0.29, 0.717) is 43.5 Å². The number of aromatic amines is 1. The number of hydrogen-bond donors (Lipinski definition) is 1. The van der Waals surface area contributed by atoms with Crippen molar-refractivity contribution in [3.8, 4) is 45.7 Å². The van der Waals surface area contributed by atoms with Gasteiger partial charge in [0.15, 0.2) is 5.82 Å². The first-order chi connectivity index (χ1) is 16.4. The van der Waals surface area contributed by atoms with Crippen LogP contribution < -0.4 is 10.4 Å². The van der Waals surface area contributed by atoms with E-state index in [-0.39, 0.29) is 11.7 Å². The van der Waals surface area contributed by atoms with Gasteiger partial charge in [-0.2, -0.15) is 9.67 Å². The van der Waals surface area contributed by atoms with E-state index in [0.717, 1.165) is 5.56 Å². The third-order valence-electron chi connectivity index (χ3n) is 5.01. The van der Waals surface area contributed by atoms with Crippen molar-refractivity contribution in [2.75, 3.05) is 7.11 Å². The second-order valence-corrected chi connectivity index (χ2v) is 8.35. The summed E-state index contributed by atoms with van der Waals surface area (Å²) >= 11 is 18.5. The quantitative estimate of drug-likeness (QED) is 0.313. The molecule has 0 amide bonds. The van der Waals surface area contributed by atoms with Crippen molar-refractivity contribution in [3.63, 3.8) is 0 Å². The van der Waals surface area contributed by atoms with Gasteiger partial charge in [-0.05, 0) is 48.5 Å². The Morgan fingerprint density at radius 3 is 2.44 bits per heavy atom. The van der Waals surface area contributed by atoms with E-state index in [4.69, 9.17) is 44.1 Å². The Balaban J connectivity index is 1.52. The van der Waals surface area contributed by atoms with Gasteiger partial charge in [-0.15, -0.1) is 5.10 Å². The highest BCUT2D eigenvalue weighted by molar-refractivity contribution is 6.38. The first kappa shape index (κ1) is 22.2. The number of methoxy groups -OCH3 is 1. The van der Waals surface area contributed by atoms with E-state index in [9.17, 15) is 4.79 Å². The van der Waals surface area contributed by atoms with Crippen molar-refractivity contribution in [1.82, 2.24) is 24.9 Å².